The smallest absolute Gasteiger partial charge is 0.340 e. The van der Waals surface area contributed by atoms with Crippen molar-refractivity contribution in [2.24, 2.45) is 0 Å². The third-order valence-electron chi connectivity index (χ3n) is 4.41. The van der Waals surface area contributed by atoms with Crippen LogP contribution in [0.5, 0.6) is 0 Å². The number of rotatable bonds is 5. The molecule has 4 aromatic rings. The number of hydrogen-bond acceptors (Lipinski definition) is 7. The molecule has 0 amide bonds. The number of aromatic nitrogens is 1. The number of thiazole rings is 1. The zero-order chi connectivity index (χ0) is 20.4. The molecule has 1 N–H and O–H groups in total. The van der Waals surface area contributed by atoms with Crippen LogP contribution in [-0.4, -0.2) is 23.0 Å². The van der Waals surface area contributed by atoms with Gasteiger partial charge in [-0.2, -0.15) is 0 Å². The predicted octanol–water partition coefficient (Wildman–Crippen LogP) is 5.40. The standard InChI is InChI=1S/C21H15N3O4S/c1-28-20(25)17-11-16(24(26)27)8-9-18(17)22-21-23-19(12-29-21)15-7-6-13-4-2-3-5-14(13)10-15/h2-12H,1H3,(H,22,23). The van der Waals surface area contributed by atoms with Crippen molar-refractivity contribution >= 4 is 44.6 Å². The number of nitro benzene ring substituents is 1. The van der Waals surface area contributed by atoms with E-state index in [0.29, 0.717) is 10.8 Å². The van der Waals surface area contributed by atoms with Crippen molar-refractivity contribution in [2.75, 3.05) is 12.4 Å². The Morgan fingerprint density at radius 1 is 1.10 bits per heavy atom. The second kappa shape index (κ2) is 7.69. The topological polar surface area (TPSA) is 94.4 Å². The molecule has 7 nitrogen and oxygen atoms in total. The summed E-state index contributed by atoms with van der Waals surface area (Å²) >= 11 is 1.37. The highest BCUT2D eigenvalue weighted by Crippen LogP contribution is 2.31. The summed E-state index contributed by atoms with van der Waals surface area (Å²) < 4.78 is 4.75. The summed E-state index contributed by atoms with van der Waals surface area (Å²) in [5.74, 6) is -0.664. The summed E-state index contributed by atoms with van der Waals surface area (Å²) in [6.07, 6.45) is 0. The monoisotopic (exact) mass is 405 g/mol. The van der Waals surface area contributed by atoms with Gasteiger partial charge in [0.25, 0.3) is 5.69 Å². The zero-order valence-corrected chi connectivity index (χ0v) is 16.1. The van der Waals surface area contributed by atoms with Crippen molar-refractivity contribution < 1.29 is 14.5 Å². The summed E-state index contributed by atoms with van der Waals surface area (Å²) in [5, 5.41) is 18.8. The van der Waals surface area contributed by atoms with Gasteiger partial charge in [0, 0.05) is 23.1 Å². The maximum atomic E-state index is 12.0. The van der Waals surface area contributed by atoms with Crippen LogP contribution in [0.25, 0.3) is 22.0 Å². The zero-order valence-electron chi connectivity index (χ0n) is 15.3. The number of carbonyl (C=O) groups excluding carboxylic acids is 1. The highest BCUT2D eigenvalue weighted by Gasteiger charge is 2.18. The maximum Gasteiger partial charge on any atom is 0.340 e. The number of hydrogen-bond donors (Lipinski definition) is 1. The van der Waals surface area contributed by atoms with Crippen molar-refractivity contribution in [2.45, 2.75) is 0 Å². The van der Waals surface area contributed by atoms with E-state index >= 15 is 0 Å². The molecule has 8 heteroatoms. The van der Waals surface area contributed by atoms with Crippen LogP contribution in [-0.2, 0) is 4.74 Å². The number of methoxy groups -OCH3 is 1. The minimum Gasteiger partial charge on any atom is -0.465 e. The molecule has 0 saturated heterocycles. The van der Waals surface area contributed by atoms with E-state index in [-0.39, 0.29) is 11.3 Å². The fraction of sp³-hybridized carbons (Fsp3) is 0.0476. The number of esters is 1. The molecule has 0 spiro atoms. The third-order valence-corrected chi connectivity index (χ3v) is 5.17. The summed E-state index contributed by atoms with van der Waals surface area (Å²) in [5.41, 5.74) is 2.05. The second-order valence-electron chi connectivity index (χ2n) is 6.20. The molecular weight excluding hydrogens is 390 g/mol. The molecule has 0 bridgehead atoms. The lowest BCUT2D eigenvalue weighted by Gasteiger charge is -2.08. The van der Waals surface area contributed by atoms with E-state index in [1.54, 1.807) is 0 Å². The Morgan fingerprint density at radius 3 is 2.66 bits per heavy atom. The van der Waals surface area contributed by atoms with E-state index in [0.717, 1.165) is 22.0 Å². The van der Waals surface area contributed by atoms with Crippen molar-refractivity contribution in [1.29, 1.82) is 0 Å². The largest absolute Gasteiger partial charge is 0.465 e. The van der Waals surface area contributed by atoms with Crippen molar-refractivity contribution in [3.63, 3.8) is 0 Å². The highest BCUT2D eigenvalue weighted by atomic mass is 32.1. The summed E-state index contributed by atoms with van der Waals surface area (Å²) in [6.45, 7) is 0. The number of carbonyl (C=O) groups is 1. The number of non-ortho nitro benzene ring substituents is 1. The van der Waals surface area contributed by atoms with Gasteiger partial charge in [0.15, 0.2) is 5.13 Å². The first-order chi connectivity index (χ1) is 14.0. The molecule has 0 aliphatic heterocycles. The van der Waals surface area contributed by atoms with Crippen LogP contribution in [0.3, 0.4) is 0 Å². The van der Waals surface area contributed by atoms with E-state index in [2.05, 4.69) is 22.4 Å². The number of nitro groups is 1. The van der Waals surface area contributed by atoms with Crippen LogP contribution >= 0.6 is 11.3 Å². The molecule has 0 radical (unpaired) electrons. The molecule has 0 saturated carbocycles. The first-order valence-corrected chi connectivity index (χ1v) is 9.51. The Bertz CT molecular complexity index is 1240. The van der Waals surface area contributed by atoms with Gasteiger partial charge in [-0.25, -0.2) is 9.78 Å². The van der Waals surface area contributed by atoms with Crippen LogP contribution in [0, 0.1) is 10.1 Å². The number of ether oxygens (including phenoxy) is 1. The predicted molar refractivity (Wildman–Crippen MR) is 113 cm³/mol. The van der Waals surface area contributed by atoms with E-state index in [9.17, 15) is 14.9 Å². The molecular formula is C21H15N3O4S. The summed E-state index contributed by atoms with van der Waals surface area (Å²) in [7, 11) is 1.23. The maximum absolute atomic E-state index is 12.0. The summed E-state index contributed by atoms with van der Waals surface area (Å²) in [6, 6.07) is 18.2. The molecule has 1 heterocycles. The average Bonchev–Trinajstić information content (AvgIpc) is 3.21. The van der Waals surface area contributed by atoms with E-state index in [1.807, 2.05) is 35.7 Å². The van der Waals surface area contributed by atoms with E-state index in [1.165, 1.54) is 36.6 Å². The Kier molecular flexibility index (Phi) is 4.92. The van der Waals surface area contributed by atoms with Gasteiger partial charge in [0.05, 0.1) is 29.0 Å². The minimum atomic E-state index is -0.664. The molecule has 1 aromatic heterocycles. The average molecular weight is 405 g/mol. The van der Waals surface area contributed by atoms with Gasteiger partial charge in [-0.05, 0) is 22.9 Å². The van der Waals surface area contributed by atoms with Crippen LogP contribution in [0.1, 0.15) is 10.4 Å². The SMILES string of the molecule is COC(=O)c1cc([N+](=O)[O-])ccc1Nc1nc(-c2ccc3ccccc3c2)cs1. The van der Waals surface area contributed by atoms with Crippen molar-refractivity contribution in [3.8, 4) is 11.3 Å². The quantitative estimate of drug-likeness (QED) is 0.271. The molecule has 0 unspecified atom stereocenters. The molecule has 0 aliphatic rings. The molecule has 0 aliphatic carbocycles. The first kappa shape index (κ1) is 18.6. The van der Waals surface area contributed by atoms with Crippen LogP contribution in [0.15, 0.2) is 66.0 Å². The lowest BCUT2D eigenvalue weighted by atomic mass is 10.1. The van der Waals surface area contributed by atoms with Crippen molar-refractivity contribution in [1.82, 2.24) is 4.98 Å². The Balaban J connectivity index is 1.65. The van der Waals surface area contributed by atoms with Crippen LogP contribution in [0.2, 0.25) is 0 Å². The number of anilines is 2. The number of fused-ring (bicyclic) bond motifs is 1. The van der Waals surface area contributed by atoms with Crippen LogP contribution in [0.4, 0.5) is 16.5 Å². The van der Waals surface area contributed by atoms with E-state index < -0.39 is 10.9 Å². The van der Waals surface area contributed by atoms with Gasteiger partial charge in [-0.1, -0.05) is 36.4 Å². The first-order valence-electron chi connectivity index (χ1n) is 8.63. The van der Waals surface area contributed by atoms with Gasteiger partial charge in [0.2, 0.25) is 0 Å². The van der Waals surface area contributed by atoms with E-state index in [4.69, 9.17) is 4.74 Å². The molecule has 144 valence electrons. The summed E-state index contributed by atoms with van der Waals surface area (Å²) in [4.78, 5) is 27.1. The van der Waals surface area contributed by atoms with Crippen LogP contribution < -0.4 is 5.32 Å². The molecule has 0 atom stereocenters. The molecule has 4 rings (SSSR count). The fourth-order valence-electron chi connectivity index (χ4n) is 2.96. The van der Waals surface area contributed by atoms with Gasteiger partial charge in [-0.15, -0.1) is 11.3 Å². The molecule has 29 heavy (non-hydrogen) atoms. The number of nitrogens with zero attached hydrogens (tertiary/aromatic N) is 2. The Morgan fingerprint density at radius 2 is 1.90 bits per heavy atom. The number of benzene rings is 3. The lowest BCUT2D eigenvalue weighted by molar-refractivity contribution is -0.384. The third kappa shape index (κ3) is 3.78. The molecule has 0 fully saturated rings. The minimum absolute atomic E-state index is 0.0733. The second-order valence-corrected chi connectivity index (χ2v) is 7.06. The Hall–Kier alpha value is -3.78. The van der Waals surface area contributed by atoms with Gasteiger partial charge in [0.1, 0.15) is 0 Å². The normalized spacial score (nSPS) is 10.7. The Labute approximate surface area is 169 Å². The van der Waals surface area contributed by atoms with Gasteiger partial charge in [-0.3, -0.25) is 10.1 Å². The molecule has 3 aromatic carbocycles. The highest BCUT2D eigenvalue weighted by molar-refractivity contribution is 7.14. The lowest BCUT2D eigenvalue weighted by Crippen LogP contribution is -2.06. The van der Waals surface area contributed by atoms with Gasteiger partial charge < -0.3 is 10.1 Å². The number of nitrogens with one attached hydrogen (secondary N) is 1. The van der Waals surface area contributed by atoms with Crippen molar-refractivity contribution in [3.05, 3.63) is 81.7 Å². The fourth-order valence-corrected chi connectivity index (χ4v) is 3.69. The van der Waals surface area contributed by atoms with Gasteiger partial charge >= 0.3 is 5.97 Å².